The van der Waals surface area contributed by atoms with Crippen LogP contribution in [0.5, 0.6) is 0 Å². The molecule has 0 bridgehead atoms. The number of nitrogens with one attached hydrogen (secondary N) is 2. The quantitative estimate of drug-likeness (QED) is 0.630. The predicted octanol–water partition coefficient (Wildman–Crippen LogP) is 4.38. The molecule has 0 spiro atoms. The topological polar surface area (TPSA) is 61.0 Å². The van der Waals surface area contributed by atoms with Gasteiger partial charge in [0.15, 0.2) is 5.82 Å². The van der Waals surface area contributed by atoms with E-state index in [1.165, 1.54) is 12.1 Å². The second-order valence-corrected chi connectivity index (χ2v) is 7.74. The number of H-pyrrole nitrogens is 1. The van der Waals surface area contributed by atoms with Gasteiger partial charge in [-0.3, -0.25) is 9.89 Å². The van der Waals surface area contributed by atoms with Crippen LogP contribution in [0.3, 0.4) is 0 Å². The first kappa shape index (κ1) is 18.7. The molecule has 1 aromatic heterocycles. The van der Waals surface area contributed by atoms with Crippen molar-refractivity contribution >= 4 is 27.7 Å². The van der Waals surface area contributed by atoms with Gasteiger partial charge >= 0.3 is 0 Å². The van der Waals surface area contributed by atoms with E-state index in [1.807, 2.05) is 30.3 Å². The summed E-state index contributed by atoms with van der Waals surface area (Å²) < 4.78 is 13.9. The van der Waals surface area contributed by atoms with Gasteiger partial charge in [-0.2, -0.15) is 5.10 Å². The first-order chi connectivity index (χ1) is 13.6. The second-order valence-electron chi connectivity index (χ2n) is 6.89. The molecule has 1 aliphatic heterocycles. The Labute approximate surface area is 171 Å². The minimum Gasteiger partial charge on any atom is -0.353 e. The minimum atomic E-state index is -0.261. The third kappa shape index (κ3) is 4.09. The number of nitrogens with zero attached hydrogens (tertiary/aromatic N) is 2. The number of aromatic amines is 1. The fourth-order valence-electron chi connectivity index (χ4n) is 3.46. The fourth-order valence-corrected chi connectivity index (χ4v) is 3.93. The first-order valence-corrected chi connectivity index (χ1v) is 10.0. The average molecular weight is 443 g/mol. The van der Waals surface area contributed by atoms with Crippen LogP contribution >= 0.6 is 15.9 Å². The van der Waals surface area contributed by atoms with Gasteiger partial charge in [-0.1, -0.05) is 12.1 Å². The lowest BCUT2D eigenvalue weighted by Gasteiger charge is -2.33. The molecule has 1 aliphatic rings. The maximum Gasteiger partial charge on any atom is 0.252 e. The first-order valence-electron chi connectivity index (χ1n) is 9.22. The number of piperidine rings is 1. The monoisotopic (exact) mass is 442 g/mol. The zero-order chi connectivity index (χ0) is 19.5. The van der Waals surface area contributed by atoms with Gasteiger partial charge in [0, 0.05) is 29.7 Å². The van der Waals surface area contributed by atoms with E-state index in [4.69, 9.17) is 0 Å². The Morgan fingerprint density at radius 3 is 2.79 bits per heavy atom. The van der Waals surface area contributed by atoms with Crippen molar-refractivity contribution in [1.82, 2.24) is 15.5 Å². The molecule has 5 nitrogen and oxygen atoms in total. The predicted molar refractivity (Wildman–Crippen MR) is 111 cm³/mol. The summed E-state index contributed by atoms with van der Waals surface area (Å²) in [6, 6.07) is 15.8. The summed E-state index contributed by atoms with van der Waals surface area (Å²) in [5, 5.41) is 10.6. The molecule has 4 rings (SSSR count). The zero-order valence-electron chi connectivity index (χ0n) is 15.2. The van der Waals surface area contributed by atoms with E-state index >= 15 is 0 Å². The highest BCUT2D eigenvalue weighted by Gasteiger charge is 2.24. The molecule has 1 amide bonds. The van der Waals surface area contributed by atoms with Crippen LogP contribution in [0.1, 0.15) is 23.2 Å². The summed E-state index contributed by atoms with van der Waals surface area (Å²) in [6.45, 7) is 1.58. The van der Waals surface area contributed by atoms with E-state index in [-0.39, 0.29) is 17.8 Å². The van der Waals surface area contributed by atoms with E-state index in [1.54, 1.807) is 12.1 Å². The Kier molecular flexibility index (Phi) is 5.43. The number of aromatic nitrogens is 2. The molecule has 144 valence electrons. The molecule has 0 aliphatic carbocycles. The van der Waals surface area contributed by atoms with Crippen molar-refractivity contribution < 1.29 is 9.18 Å². The van der Waals surface area contributed by atoms with Crippen LogP contribution in [0.4, 0.5) is 10.2 Å². The maximum absolute atomic E-state index is 13.1. The van der Waals surface area contributed by atoms with Crippen LogP contribution in [0.2, 0.25) is 0 Å². The lowest BCUT2D eigenvalue weighted by atomic mass is 10.0. The number of carbonyl (C=O) groups is 1. The molecule has 28 heavy (non-hydrogen) atoms. The lowest BCUT2D eigenvalue weighted by molar-refractivity contribution is 0.0932. The Hall–Kier alpha value is -2.67. The highest BCUT2D eigenvalue weighted by molar-refractivity contribution is 9.10. The van der Waals surface area contributed by atoms with Gasteiger partial charge in [0.2, 0.25) is 0 Å². The van der Waals surface area contributed by atoms with Crippen molar-refractivity contribution in [2.75, 3.05) is 18.0 Å². The molecule has 2 aromatic carbocycles. The molecule has 0 saturated carbocycles. The summed E-state index contributed by atoms with van der Waals surface area (Å²) in [5.74, 6) is 0.496. The van der Waals surface area contributed by atoms with Crippen LogP contribution in [-0.4, -0.2) is 35.2 Å². The van der Waals surface area contributed by atoms with Crippen molar-refractivity contribution in [3.8, 4) is 11.3 Å². The van der Waals surface area contributed by atoms with Crippen LogP contribution < -0.4 is 10.2 Å². The summed E-state index contributed by atoms with van der Waals surface area (Å²) in [4.78, 5) is 14.7. The average Bonchev–Trinajstić information content (AvgIpc) is 3.19. The Balaban J connectivity index is 1.43. The summed E-state index contributed by atoms with van der Waals surface area (Å²) >= 11 is 3.43. The molecule has 1 fully saturated rings. The van der Waals surface area contributed by atoms with Crippen molar-refractivity contribution in [2.24, 2.45) is 0 Å². The van der Waals surface area contributed by atoms with Crippen LogP contribution in [0, 0.1) is 5.82 Å². The Morgan fingerprint density at radius 2 is 2.00 bits per heavy atom. The third-order valence-corrected chi connectivity index (χ3v) is 5.61. The van der Waals surface area contributed by atoms with Crippen LogP contribution in [-0.2, 0) is 0 Å². The molecule has 2 N–H and O–H groups in total. The minimum absolute atomic E-state index is 0.0549. The third-order valence-electron chi connectivity index (χ3n) is 4.92. The normalized spacial score (nSPS) is 16.8. The van der Waals surface area contributed by atoms with Gasteiger partial charge in [0.25, 0.3) is 5.91 Å². The number of amides is 1. The van der Waals surface area contributed by atoms with Gasteiger partial charge < -0.3 is 10.2 Å². The van der Waals surface area contributed by atoms with Crippen LogP contribution in [0.25, 0.3) is 11.3 Å². The van der Waals surface area contributed by atoms with Gasteiger partial charge in [-0.15, -0.1) is 0 Å². The molecule has 1 saturated heterocycles. The number of rotatable bonds is 4. The summed E-state index contributed by atoms with van der Waals surface area (Å²) in [6.07, 6.45) is 1.90. The highest BCUT2D eigenvalue weighted by Crippen LogP contribution is 2.25. The standard InChI is InChI=1S/C21H20BrFN4O/c22-18-6-2-1-5-17(18)21(28)24-16-4-3-11-27(13-16)20-12-19(25-26-20)14-7-9-15(23)10-8-14/h1-2,5-10,12,16H,3-4,11,13H2,(H,24,28)(H,25,26)/t16-/m1/s1. The number of benzene rings is 2. The molecular weight excluding hydrogens is 423 g/mol. The maximum atomic E-state index is 13.1. The molecular formula is C21H20BrFN4O. The van der Waals surface area contributed by atoms with E-state index in [0.29, 0.717) is 12.1 Å². The van der Waals surface area contributed by atoms with Gasteiger partial charge in [-0.25, -0.2) is 4.39 Å². The van der Waals surface area contributed by atoms with Crippen molar-refractivity contribution in [3.05, 3.63) is 70.5 Å². The number of carbonyl (C=O) groups excluding carboxylic acids is 1. The second kappa shape index (κ2) is 8.14. The van der Waals surface area contributed by atoms with Crippen LogP contribution in [0.15, 0.2) is 59.1 Å². The SMILES string of the molecule is O=C(N[C@@H]1CCCN(c2cc(-c3ccc(F)cc3)[nH]n2)C1)c1ccccc1Br. The molecule has 1 atom stereocenters. The Bertz CT molecular complexity index is 973. The zero-order valence-corrected chi connectivity index (χ0v) is 16.7. The molecule has 0 radical (unpaired) electrons. The van der Waals surface area contributed by atoms with E-state index in [2.05, 4.69) is 36.3 Å². The number of halogens is 2. The number of hydrogen-bond donors (Lipinski definition) is 2. The number of anilines is 1. The van der Waals surface area contributed by atoms with Crippen molar-refractivity contribution in [2.45, 2.75) is 18.9 Å². The molecule has 2 heterocycles. The largest absolute Gasteiger partial charge is 0.353 e. The fraction of sp³-hybridized carbons (Fsp3) is 0.238. The lowest BCUT2D eigenvalue weighted by Crippen LogP contribution is -2.48. The molecule has 3 aromatic rings. The Morgan fingerprint density at radius 1 is 1.21 bits per heavy atom. The van der Waals surface area contributed by atoms with Gasteiger partial charge in [0.05, 0.1) is 11.3 Å². The van der Waals surface area contributed by atoms with E-state index in [0.717, 1.165) is 40.9 Å². The smallest absolute Gasteiger partial charge is 0.252 e. The van der Waals surface area contributed by atoms with E-state index < -0.39 is 0 Å². The molecule has 0 unspecified atom stereocenters. The summed E-state index contributed by atoms with van der Waals surface area (Å²) in [7, 11) is 0. The van der Waals surface area contributed by atoms with Crippen molar-refractivity contribution in [1.29, 1.82) is 0 Å². The number of hydrogen-bond acceptors (Lipinski definition) is 3. The summed E-state index contributed by atoms with van der Waals surface area (Å²) in [5.41, 5.74) is 2.36. The molecule has 7 heteroatoms. The van der Waals surface area contributed by atoms with Gasteiger partial charge in [-0.05, 0) is 70.7 Å². The van der Waals surface area contributed by atoms with Crippen molar-refractivity contribution in [3.63, 3.8) is 0 Å². The van der Waals surface area contributed by atoms with Gasteiger partial charge in [0.1, 0.15) is 5.82 Å². The van der Waals surface area contributed by atoms with E-state index in [9.17, 15) is 9.18 Å². The highest BCUT2D eigenvalue weighted by atomic mass is 79.9.